The highest BCUT2D eigenvalue weighted by molar-refractivity contribution is 7.98. The minimum atomic E-state index is -1.64. The Kier molecular flexibility index (Phi) is 4.03. The van der Waals surface area contributed by atoms with Crippen LogP contribution in [0.15, 0.2) is 23.0 Å². The van der Waals surface area contributed by atoms with Crippen molar-refractivity contribution in [3.63, 3.8) is 0 Å². The third-order valence-corrected chi connectivity index (χ3v) is 4.53. The monoisotopic (exact) mass is 313 g/mol. The Morgan fingerprint density at radius 3 is 2.95 bits per heavy atom. The Hall–Kier alpha value is -2.08. The number of nitrogens with one attached hydrogen (secondary N) is 1. The van der Waals surface area contributed by atoms with Crippen LogP contribution in [0.25, 0.3) is 11.4 Å². The normalized spacial score (nSPS) is 13.3. The van der Waals surface area contributed by atoms with E-state index in [0.29, 0.717) is 22.7 Å². The SMILES string of the molecule is N#Cc1cc(B(O)O)ccc1-c1nc2c(c(=O)[nH]1)CSCC2. The van der Waals surface area contributed by atoms with Crippen molar-refractivity contribution in [1.29, 1.82) is 5.26 Å². The van der Waals surface area contributed by atoms with Gasteiger partial charge in [-0.3, -0.25) is 4.79 Å². The average Bonchev–Trinajstić information content (AvgIpc) is 2.54. The van der Waals surface area contributed by atoms with Crippen molar-refractivity contribution in [2.75, 3.05) is 5.75 Å². The van der Waals surface area contributed by atoms with E-state index in [1.807, 2.05) is 6.07 Å². The molecule has 0 spiro atoms. The molecule has 8 heteroatoms. The molecule has 1 aromatic heterocycles. The first-order valence-corrected chi connectivity index (χ1v) is 7.86. The van der Waals surface area contributed by atoms with E-state index in [0.717, 1.165) is 17.9 Å². The van der Waals surface area contributed by atoms with E-state index < -0.39 is 7.12 Å². The highest BCUT2D eigenvalue weighted by Crippen LogP contribution is 2.23. The van der Waals surface area contributed by atoms with Crippen molar-refractivity contribution in [3.05, 3.63) is 45.4 Å². The lowest BCUT2D eigenvalue weighted by Gasteiger charge is -2.15. The fourth-order valence-corrected chi connectivity index (χ4v) is 3.38. The number of benzene rings is 1. The second-order valence-electron chi connectivity index (χ2n) is 4.93. The topological polar surface area (TPSA) is 110 Å². The fourth-order valence-electron chi connectivity index (χ4n) is 2.39. The van der Waals surface area contributed by atoms with E-state index in [4.69, 9.17) is 0 Å². The molecule has 0 amide bonds. The lowest BCUT2D eigenvalue weighted by molar-refractivity contribution is 0.426. The molecule has 110 valence electrons. The molecule has 1 aliphatic heterocycles. The van der Waals surface area contributed by atoms with Gasteiger partial charge < -0.3 is 15.0 Å². The zero-order chi connectivity index (χ0) is 15.7. The number of hydrogen-bond donors (Lipinski definition) is 3. The summed E-state index contributed by atoms with van der Waals surface area (Å²) >= 11 is 1.70. The van der Waals surface area contributed by atoms with Crippen LogP contribution in [0.3, 0.4) is 0 Å². The van der Waals surface area contributed by atoms with Crippen LogP contribution in [0.4, 0.5) is 0 Å². The van der Waals surface area contributed by atoms with Gasteiger partial charge in [-0.15, -0.1) is 0 Å². The summed E-state index contributed by atoms with van der Waals surface area (Å²) in [5, 5.41) is 27.6. The molecule has 2 aromatic rings. The molecular formula is C14H12BN3O3S. The first kappa shape index (κ1) is 14.8. The van der Waals surface area contributed by atoms with Gasteiger partial charge in [-0.05, 0) is 23.7 Å². The molecule has 6 nitrogen and oxygen atoms in total. The smallest absolute Gasteiger partial charge is 0.423 e. The van der Waals surface area contributed by atoms with Gasteiger partial charge in [0.1, 0.15) is 5.82 Å². The van der Waals surface area contributed by atoms with Crippen molar-refractivity contribution >= 4 is 24.3 Å². The van der Waals surface area contributed by atoms with Gasteiger partial charge in [0.25, 0.3) is 5.56 Å². The molecular weight excluding hydrogens is 301 g/mol. The van der Waals surface area contributed by atoms with Gasteiger partial charge >= 0.3 is 7.12 Å². The van der Waals surface area contributed by atoms with Gasteiger partial charge in [0.15, 0.2) is 0 Å². The number of aryl methyl sites for hydroxylation is 1. The van der Waals surface area contributed by atoms with Crippen LogP contribution in [0.1, 0.15) is 16.8 Å². The Balaban J connectivity index is 2.14. The molecule has 2 heterocycles. The van der Waals surface area contributed by atoms with Gasteiger partial charge in [-0.25, -0.2) is 4.98 Å². The van der Waals surface area contributed by atoms with E-state index in [1.54, 1.807) is 17.8 Å². The Morgan fingerprint density at radius 1 is 1.41 bits per heavy atom. The van der Waals surface area contributed by atoms with Crippen molar-refractivity contribution in [3.8, 4) is 17.5 Å². The van der Waals surface area contributed by atoms with Crippen LogP contribution < -0.4 is 11.0 Å². The maximum Gasteiger partial charge on any atom is 0.488 e. The summed E-state index contributed by atoms with van der Waals surface area (Å²) in [6.07, 6.45) is 0.728. The number of hydrogen-bond acceptors (Lipinski definition) is 6. The molecule has 0 fully saturated rings. The summed E-state index contributed by atoms with van der Waals surface area (Å²) in [5.74, 6) is 1.91. The molecule has 0 bridgehead atoms. The Morgan fingerprint density at radius 2 is 2.23 bits per heavy atom. The van der Waals surface area contributed by atoms with Crippen molar-refractivity contribution in [2.24, 2.45) is 0 Å². The molecule has 0 unspecified atom stereocenters. The van der Waals surface area contributed by atoms with Crippen LogP contribution in [0.5, 0.6) is 0 Å². The summed E-state index contributed by atoms with van der Waals surface area (Å²) in [7, 11) is -1.64. The van der Waals surface area contributed by atoms with Crippen LogP contribution in [-0.4, -0.2) is 32.9 Å². The lowest BCUT2D eigenvalue weighted by atomic mass is 9.79. The summed E-state index contributed by atoms with van der Waals surface area (Å²) in [6, 6.07) is 6.45. The number of aromatic nitrogens is 2. The molecule has 0 aliphatic carbocycles. The second kappa shape index (κ2) is 5.97. The van der Waals surface area contributed by atoms with Gasteiger partial charge in [-0.1, -0.05) is 12.1 Å². The molecule has 0 radical (unpaired) electrons. The molecule has 1 aliphatic rings. The van der Waals surface area contributed by atoms with E-state index >= 15 is 0 Å². The van der Waals surface area contributed by atoms with Crippen LogP contribution in [0, 0.1) is 11.3 Å². The third kappa shape index (κ3) is 2.66. The van der Waals surface area contributed by atoms with Gasteiger partial charge in [0.05, 0.1) is 17.3 Å². The number of fused-ring (bicyclic) bond motifs is 1. The average molecular weight is 313 g/mol. The lowest BCUT2D eigenvalue weighted by Crippen LogP contribution is -2.30. The maximum absolute atomic E-state index is 12.2. The fraction of sp³-hybridized carbons (Fsp3) is 0.214. The molecule has 22 heavy (non-hydrogen) atoms. The highest BCUT2D eigenvalue weighted by Gasteiger charge is 2.19. The predicted molar refractivity (Wildman–Crippen MR) is 84.7 cm³/mol. The third-order valence-electron chi connectivity index (χ3n) is 3.55. The zero-order valence-corrected chi connectivity index (χ0v) is 12.4. The minimum Gasteiger partial charge on any atom is -0.423 e. The van der Waals surface area contributed by atoms with E-state index in [9.17, 15) is 20.1 Å². The van der Waals surface area contributed by atoms with Crippen LogP contribution >= 0.6 is 11.8 Å². The number of aromatic amines is 1. The summed E-state index contributed by atoms with van der Waals surface area (Å²) in [6.45, 7) is 0. The predicted octanol–water partition coefficient (Wildman–Crippen LogP) is -0.222. The molecule has 0 saturated carbocycles. The number of thioether (sulfide) groups is 1. The molecule has 3 rings (SSSR count). The number of nitriles is 1. The first-order valence-electron chi connectivity index (χ1n) is 6.70. The molecule has 3 N–H and O–H groups in total. The number of rotatable bonds is 2. The summed E-state index contributed by atoms with van der Waals surface area (Å²) < 4.78 is 0. The standard InChI is InChI=1S/C14H12BN3O3S/c16-6-8-5-9(15(20)21)1-2-10(8)13-17-12-3-4-22-7-11(12)14(19)18-13/h1-2,5,20-21H,3-4,7H2,(H,17,18,19). The van der Waals surface area contributed by atoms with Crippen LogP contribution in [0.2, 0.25) is 0 Å². The Bertz CT molecular complexity index is 829. The quantitative estimate of drug-likeness (QED) is 0.661. The Labute approximate surface area is 131 Å². The van der Waals surface area contributed by atoms with Crippen molar-refractivity contribution < 1.29 is 10.0 Å². The van der Waals surface area contributed by atoms with Crippen molar-refractivity contribution in [1.82, 2.24) is 9.97 Å². The van der Waals surface area contributed by atoms with E-state index in [1.165, 1.54) is 12.1 Å². The van der Waals surface area contributed by atoms with Gasteiger partial charge in [0.2, 0.25) is 0 Å². The molecule has 0 saturated heterocycles. The summed E-state index contributed by atoms with van der Waals surface area (Å²) in [4.78, 5) is 19.4. The molecule has 1 aromatic carbocycles. The van der Waals surface area contributed by atoms with Crippen molar-refractivity contribution in [2.45, 2.75) is 12.2 Å². The largest absolute Gasteiger partial charge is 0.488 e. The first-order chi connectivity index (χ1) is 10.6. The van der Waals surface area contributed by atoms with E-state index in [-0.39, 0.29) is 16.6 Å². The van der Waals surface area contributed by atoms with Gasteiger partial charge in [0, 0.05) is 16.9 Å². The van der Waals surface area contributed by atoms with Crippen LogP contribution in [-0.2, 0) is 12.2 Å². The number of H-pyrrole nitrogens is 1. The maximum atomic E-state index is 12.2. The highest BCUT2D eigenvalue weighted by atomic mass is 32.2. The van der Waals surface area contributed by atoms with Gasteiger partial charge in [-0.2, -0.15) is 17.0 Å². The van der Waals surface area contributed by atoms with E-state index in [2.05, 4.69) is 9.97 Å². The second-order valence-corrected chi connectivity index (χ2v) is 6.04. The zero-order valence-electron chi connectivity index (χ0n) is 11.5. The number of nitrogens with zero attached hydrogens (tertiary/aromatic N) is 2. The minimum absolute atomic E-state index is 0.178. The summed E-state index contributed by atoms with van der Waals surface area (Å²) in [5.41, 5.74) is 2.22. The molecule has 0 atom stereocenters.